The van der Waals surface area contributed by atoms with E-state index < -0.39 is 0 Å². The summed E-state index contributed by atoms with van der Waals surface area (Å²) in [7, 11) is 0. The second kappa shape index (κ2) is 4.20. The summed E-state index contributed by atoms with van der Waals surface area (Å²) in [5.41, 5.74) is 8.44. The average molecular weight is 233 g/mol. The lowest BCUT2D eigenvalue weighted by atomic mass is 10.1. The zero-order valence-electron chi connectivity index (χ0n) is 10.3. The van der Waals surface area contributed by atoms with Crippen LogP contribution in [0.2, 0.25) is 0 Å². The van der Waals surface area contributed by atoms with E-state index in [9.17, 15) is 4.39 Å². The zero-order valence-corrected chi connectivity index (χ0v) is 10.3. The summed E-state index contributed by atoms with van der Waals surface area (Å²) >= 11 is 0. The molecule has 0 unspecified atom stereocenters. The molecule has 0 spiro atoms. The highest BCUT2D eigenvalue weighted by Crippen LogP contribution is 2.29. The number of hydrogen-bond acceptors (Lipinski definition) is 2. The van der Waals surface area contributed by atoms with E-state index in [2.05, 4.69) is 4.98 Å². The van der Waals surface area contributed by atoms with Gasteiger partial charge < -0.3 is 10.3 Å². The van der Waals surface area contributed by atoms with Crippen molar-refractivity contribution in [1.29, 1.82) is 0 Å². The molecule has 0 fully saturated rings. The van der Waals surface area contributed by atoms with Crippen molar-refractivity contribution in [1.82, 2.24) is 9.55 Å². The molecule has 0 bridgehead atoms. The van der Waals surface area contributed by atoms with E-state index in [-0.39, 0.29) is 5.82 Å². The second-order valence-corrected chi connectivity index (χ2v) is 4.10. The van der Waals surface area contributed by atoms with Gasteiger partial charge in [0.05, 0.1) is 0 Å². The Balaban J connectivity index is 2.64. The maximum atomic E-state index is 13.3. The number of imidazole rings is 1. The maximum Gasteiger partial charge on any atom is 0.131 e. The molecule has 1 aromatic carbocycles. The van der Waals surface area contributed by atoms with Crippen molar-refractivity contribution in [2.45, 2.75) is 27.3 Å². The summed E-state index contributed by atoms with van der Waals surface area (Å²) in [6.07, 6.45) is 0. The molecule has 2 aromatic rings. The van der Waals surface area contributed by atoms with Crippen LogP contribution in [0.25, 0.3) is 11.3 Å². The number of benzene rings is 1. The minimum absolute atomic E-state index is 0.270. The summed E-state index contributed by atoms with van der Waals surface area (Å²) in [6.45, 7) is 6.60. The average Bonchev–Trinajstić information content (AvgIpc) is 2.57. The highest BCUT2D eigenvalue weighted by Gasteiger charge is 2.14. The van der Waals surface area contributed by atoms with Crippen LogP contribution in [0, 0.1) is 19.7 Å². The van der Waals surface area contributed by atoms with E-state index >= 15 is 0 Å². The van der Waals surface area contributed by atoms with Crippen LogP contribution in [0.1, 0.15) is 18.3 Å². The Labute approximate surface area is 100 Å². The van der Waals surface area contributed by atoms with Gasteiger partial charge in [-0.2, -0.15) is 0 Å². The highest BCUT2D eigenvalue weighted by molar-refractivity contribution is 5.73. The first kappa shape index (κ1) is 11.6. The van der Waals surface area contributed by atoms with Crippen molar-refractivity contribution < 1.29 is 4.39 Å². The standard InChI is InChI=1S/C13H16FN3/c1-4-17-9(3)16-12(13(17)15)11-7-10(14)6-5-8(11)2/h5-7H,4,15H2,1-3H3. The van der Waals surface area contributed by atoms with Crippen molar-refractivity contribution in [2.24, 2.45) is 0 Å². The molecular weight excluding hydrogens is 217 g/mol. The Morgan fingerprint density at radius 2 is 2.06 bits per heavy atom. The van der Waals surface area contributed by atoms with Crippen LogP contribution in [0.4, 0.5) is 10.2 Å². The Hall–Kier alpha value is -1.84. The van der Waals surface area contributed by atoms with Gasteiger partial charge in [0, 0.05) is 12.1 Å². The smallest absolute Gasteiger partial charge is 0.131 e. The van der Waals surface area contributed by atoms with E-state index in [1.807, 2.05) is 25.3 Å². The fourth-order valence-electron chi connectivity index (χ4n) is 2.03. The molecule has 1 aromatic heterocycles. The summed E-state index contributed by atoms with van der Waals surface area (Å²) < 4.78 is 15.2. The summed E-state index contributed by atoms with van der Waals surface area (Å²) in [6, 6.07) is 4.66. The van der Waals surface area contributed by atoms with Crippen molar-refractivity contribution >= 4 is 5.82 Å². The van der Waals surface area contributed by atoms with E-state index in [1.165, 1.54) is 12.1 Å². The van der Waals surface area contributed by atoms with E-state index in [4.69, 9.17) is 5.73 Å². The molecule has 0 radical (unpaired) electrons. The Morgan fingerprint density at radius 3 is 2.65 bits per heavy atom. The normalized spacial score (nSPS) is 10.8. The lowest BCUT2D eigenvalue weighted by molar-refractivity contribution is 0.628. The number of nitrogens with zero attached hydrogens (tertiary/aromatic N) is 2. The summed E-state index contributed by atoms with van der Waals surface area (Å²) in [4.78, 5) is 4.42. The Kier molecular flexibility index (Phi) is 2.88. The predicted molar refractivity (Wildman–Crippen MR) is 67.2 cm³/mol. The fraction of sp³-hybridized carbons (Fsp3) is 0.308. The molecule has 1 heterocycles. The largest absolute Gasteiger partial charge is 0.383 e. The fourth-order valence-corrected chi connectivity index (χ4v) is 2.03. The van der Waals surface area contributed by atoms with Crippen molar-refractivity contribution in [3.8, 4) is 11.3 Å². The topological polar surface area (TPSA) is 43.8 Å². The van der Waals surface area contributed by atoms with Crippen LogP contribution in [-0.4, -0.2) is 9.55 Å². The van der Waals surface area contributed by atoms with Crippen LogP contribution < -0.4 is 5.73 Å². The molecule has 0 aliphatic carbocycles. The molecule has 4 heteroatoms. The third kappa shape index (κ3) is 1.90. The lowest BCUT2D eigenvalue weighted by Crippen LogP contribution is -2.02. The van der Waals surface area contributed by atoms with Gasteiger partial charge in [-0.1, -0.05) is 6.07 Å². The first-order valence-corrected chi connectivity index (χ1v) is 5.63. The van der Waals surface area contributed by atoms with Crippen molar-refractivity contribution in [3.63, 3.8) is 0 Å². The van der Waals surface area contributed by atoms with E-state index in [0.29, 0.717) is 11.5 Å². The molecule has 3 nitrogen and oxygen atoms in total. The molecule has 0 amide bonds. The van der Waals surface area contributed by atoms with Gasteiger partial charge in [0.1, 0.15) is 23.2 Å². The van der Waals surface area contributed by atoms with Gasteiger partial charge in [0.25, 0.3) is 0 Å². The van der Waals surface area contributed by atoms with Gasteiger partial charge in [0.2, 0.25) is 0 Å². The first-order valence-electron chi connectivity index (χ1n) is 5.63. The number of halogens is 1. The SMILES string of the molecule is CCn1c(C)nc(-c2cc(F)ccc2C)c1N. The molecule has 0 aliphatic heterocycles. The number of hydrogen-bond donors (Lipinski definition) is 1. The summed E-state index contributed by atoms with van der Waals surface area (Å²) in [5, 5.41) is 0. The van der Waals surface area contributed by atoms with Gasteiger partial charge in [-0.05, 0) is 38.5 Å². The predicted octanol–water partition coefficient (Wildman–Crippen LogP) is 2.91. The minimum atomic E-state index is -0.270. The molecule has 2 rings (SSSR count). The van der Waals surface area contributed by atoms with E-state index in [1.54, 1.807) is 6.07 Å². The number of aromatic nitrogens is 2. The third-order valence-electron chi connectivity index (χ3n) is 2.97. The van der Waals surface area contributed by atoms with Crippen molar-refractivity contribution in [2.75, 3.05) is 5.73 Å². The molecule has 0 aliphatic rings. The maximum absolute atomic E-state index is 13.3. The van der Waals surface area contributed by atoms with Crippen molar-refractivity contribution in [3.05, 3.63) is 35.4 Å². The van der Waals surface area contributed by atoms with Crippen LogP contribution in [0.5, 0.6) is 0 Å². The zero-order chi connectivity index (χ0) is 12.6. The monoisotopic (exact) mass is 233 g/mol. The molecule has 17 heavy (non-hydrogen) atoms. The van der Waals surface area contributed by atoms with Gasteiger partial charge >= 0.3 is 0 Å². The highest BCUT2D eigenvalue weighted by atomic mass is 19.1. The van der Waals surface area contributed by atoms with Gasteiger partial charge in [0.15, 0.2) is 0 Å². The molecule has 0 saturated carbocycles. The number of nitrogens with two attached hydrogens (primary N) is 1. The van der Waals surface area contributed by atoms with Crippen LogP contribution in [0.15, 0.2) is 18.2 Å². The molecule has 2 N–H and O–H groups in total. The van der Waals surface area contributed by atoms with Crippen LogP contribution >= 0.6 is 0 Å². The van der Waals surface area contributed by atoms with Crippen LogP contribution in [0.3, 0.4) is 0 Å². The summed E-state index contributed by atoms with van der Waals surface area (Å²) in [5.74, 6) is 1.18. The quantitative estimate of drug-likeness (QED) is 0.866. The molecule has 90 valence electrons. The molecule has 0 saturated heterocycles. The number of nitrogen functional groups attached to an aromatic ring is 1. The third-order valence-corrected chi connectivity index (χ3v) is 2.97. The minimum Gasteiger partial charge on any atom is -0.383 e. The van der Waals surface area contributed by atoms with Gasteiger partial charge in [-0.25, -0.2) is 9.37 Å². The second-order valence-electron chi connectivity index (χ2n) is 4.10. The van der Waals surface area contributed by atoms with Gasteiger partial charge in [-0.15, -0.1) is 0 Å². The number of aryl methyl sites for hydroxylation is 2. The number of anilines is 1. The molecule has 0 atom stereocenters. The lowest BCUT2D eigenvalue weighted by Gasteiger charge is -2.06. The Bertz CT molecular complexity index is 558. The van der Waals surface area contributed by atoms with E-state index in [0.717, 1.165) is 23.5 Å². The van der Waals surface area contributed by atoms with Crippen LogP contribution in [-0.2, 0) is 6.54 Å². The Morgan fingerprint density at radius 1 is 1.35 bits per heavy atom. The number of rotatable bonds is 2. The van der Waals surface area contributed by atoms with Gasteiger partial charge in [-0.3, -0.25) is 0 Å². The molecular formula is C13H16FN3. The first-order chi connectivity index (χ1) is 8.04.